The zero-order valence-electron chi connectivity index (χ0n) is 8.49. The summed E-state index contributed by atoms with van der Waals surface area (Å²) in [5.41, 5.74) is 0.978. The molecule has 5 heteroatoms. The van der Waals surface area contributed by atoms with E-state index in [0.717, 1.165) is 24.6 Å². The monoisotopic (exact) mass is 193 g/mol. The van der Waals surface area contributed by atoms with E-state index in [-0.39, 0.29) is 0 Å². The van der Waals surface area contributed by atoms with Crippen molar-refractivity contribution < 1.29 is 0 Å². The zero-order valence-corrected chi connectivity index (χ0v) is 8.49. The highest BCUT2D eigenvalue weighted by atomic mass is 15.1. The Kier molecular flexibility index (Phi) is 4.40. The molecule has 1 aromatic heterocycles. The van der Waals surface area contributed by atoms with Gasteiger partial charge in [0.05, 0.1) is 5.69 Å². The van der Waals surface area contributed by atoms with Crippen molar-refractivity contribution in [3.8, 4) is 0 Å². The third-order valence-corrected chi connectivity index (χ3v) is 1.75. The van der Waals surface area contributed by atoms with Crippen LogP contribution in [0.25, 0.3) is 0 Å². The first-order chi connectivity index (χ1) is 6.86. The molecule has 0 aliphatic rings. The average Bonchev–Trinajstić information content (AvgIpc) is 2.26. The molecule has 0 saturated heterocycles. The molecule has 0 spiro atoms. The fourth-order valence-electron chi connectivity index (χ4n) is 1.05. The van der Waals surface area contributed by atoms with Crippen LogP contribution in [0.3, 0.4) is 0 Å². The van der Waals surface area contributed by atoms with Crippen molar-refractivity contribution >= 4 is 5.96 Å². The summed E-state index contributed by atoms with van der Waals surface area (Å²) in [6, 6.07) is 0. The Morgan fingerprint density at radius 2 is 2.36 bits per heavy atom. The second kappa shape index (κ2) is 5.90. The molecule has 1 aromatic rings. The van der Waals surface area contributed by atoms with Crippen LogP contribution in [0.15, 0.2) is 23.6 Å². The van der Waals surface area contributed by atoms with Gasteiger partial charge in [-0.25, -0.2) is 0 Å². The highest BCUT2D eigenvalue weighted by Gasteiger charge is 1.95. The molecule has 0 unspecified atom stereocenters. The summed E-state index contributed by atoms with van der Waals surface area (Å²) in [6.07, 6.45) is 5.98. The van der Waals surface area contributed by atoms with Gasteiger partial charge in [-0.3, -0.25) is 15.0 Å². The third-order valence-electron chi connectivity index (χ3n) is 1.75. The Labute approximate surface area is 83.7 Å². The number of guanidine groups is 1. The quantitative estimate of drug-likeness (QED) is 0.516. The van der Waals surface area contributed by atoms with E-state index >= 15 is 0 Å². The molecule has 0 radical (unpaired) electrons. The SMILES string of the molecule is CN=C(NC)NCCc1cnccn1. The minimum Gasteiger partial charge on any atom is -0.359 e. The van der Waals surface area contributed by atoms with Crippen molar-refractivity contribution in [1.29, 1.82) is 0 Å². The van der Waals surface area contributed by atoms with E-state index in [0.29, 0.717) is 0 Å². The van der Waals surface area contributed by atoms with Gasteiger partial charge in [-0.1, -0.05) is 0 Å². The van der Waals surface area contributed by atoms with E-state index in [1.165, 1.54) is 0 Å². The van der Waals surface area contributed by atoms with Crippen LogP contribution < -0.4 is 10.6 Å². The number of nitrogens with zero attached hydrogens (tertiary/aromatic N) is 3. The lowest BCUT2D eigenvalue weighted by Gasteiger charge is -2.07. The summed E-state index contributed by atoms with van der Waals surface area (Å²) >= 11 is 0. The van der Waals surface area contributed by atoms with E-state index in [1.54, 1.807) is 25.6 Å². The average molecular weight is 193 g/mol. The van der Waals surface area contributed by atoms with Crippen LogP contribution in [0.2, 0.25) is 0 Å². The molecule has 0 fully saturated rings. The van der Waals surface area contributed by atoms with Gasteiger partial charge < -0.3 is 10.6 Å². The molecular weight excluding hydrogens is 178 g/mol. The topological polar surface area (TPSA) is 62.2 Å². The summed E-state index contributed by atoms with van der Waals surface area (Å²) in [4.78, 5) is 12.1. The second-order valence-electron chi connectivity index (χ2n) is 2.70. The summed E-state index contributed by atoms with van der Waals surface area (Å²) in [6.45, 7) is 0.798. The van der Waals surface area contributed by atoms with Crippen molar-refractivity contribution in [2.24, 2.45) is 4.99 Å². The van der Waals surface area contributed by atoms with Crippen molar-refractivity contribution in [3.63, 3.8) is 0 Å². The molecule has 0 aliphatic carbocycles. The van der Waals surface area contributed by atoms with Gasteiger partial charge in [0, 0.05) is 45.7 Å². The number of aromatic nitrogens is 2. The molecule has 0 bridgehead atoms. The number of hydrogen-bond acceptors (Lipinski definition) is 3. The standard InChI is InChI=1S/C9H15N5/c1-10-9(11-2)14-4-3-8-7-12-5-6-13-8/h5-7H,3-4H2,1-2H3,(H2,10,11,14). The molecule has 1 rings (SSSR count). The largest absolute Gasteiger partial charge is 0.359 e. The Balaban J connectivity index is 2.29. The van der Waals surface area contributed by atoms with Gasteiger partial charge in [0.1, 0.15) is 0 Å². The van der Waals surface area contributed by atoms with Gasteiger partial charge in [-0.15, -0.1) is 0 Å². The minimum absolute atomic E-state index is 0.786. The van der Waals surface area contributed by atoms with Crippen molar-refractivity contribution in [3.05, 3.63) is 24.3 Å². The van der Waals surface area contributed by atoms with Crippen LogP contribution in [0.5, 0.6) is 0 Å². The van der Waals surface area contributed by atoms with E-state index in [4.69, 9.17) is 0 Å². The van der Waals surface area contributed by atoms with Crippen LogP contribution in [-0.2, 0) is 6.42 Å². The second-order valence-corrected chi connectivity index (χ2v) is 2.70. The molecule has 0 amide bonds. The fourth-order valence-corrected chi connectivity index (χ4v) is 1.05. The lowest BCUT2D eigenvalue weighted by molar-refractivity contribution is 0.810. The highest BCUT2D eigenvalue weighted by Crippen LogP contribution is 1.89. The van der Waals surface area contributed by atoms with Gasteiger partial charge in [0.25, 0.3) is 0 Å². The predicted octanol–water partition coefficient (Wildman–Crippen LogP) is -0.186. The summed E-state index contributed by atoms with van der Waals surface area (Å²) in [5.74, 6) is 0.786. The molecule has 76 valence electrons. The van der Waals surface area contributed by atoms with Crippen LogP contribution in [-0.4, -0.2) is 36.6 Å². The molecule has 0 aromatic carbocycles. The van der Waals surface area contributed by atoms with E-state index in [1.807, 2.05) is 7.05 Å². The summed E-state index contributed by atoms with van der Waals surface area (Å²) in [7, 11) is 3.57. The van der Waals surface area contributed by atoms with Crippen LogP contribution in [0.1, 0.15) is 5.69 Å². The van der Waals surface area contributed by atoms with E-state index in [2.05, 4.69) is 25.6 Å². The fraction of sp³-hybridized carbons (Fsp3) is 0.444. The van der Waals surface area contributed by atoms with Crippen LogP contribution in [0.4, 0.5) is 0 Å². The maximum Gasteiger partial charge on any atom is 0.190 e. The third kappa shape index (κ3) is 3.38. The van der Waals surface area contributed by atoms with Gasteiger partial charge in [0.15, 0.2) is 5.96 Å². The normalized spacial score (nSPS) is 11.1. The smallest absolute Gasteiger partial charge is 0.190 e. The molecular formula is C9H15N5. The first-order valence-electron chi connectivity index (χ1n) is 4.50. The maximum absolute atomic E-state index is 4.16. The molecule has 5 nitrogen and oxygen atoms in total. The highest BCUT2D eigenvalue weighted by molar-refractivity contribution is 5.79. The first-order valence-corrected chi connectivity index (χ1v) is 4.50. The Bertz CT molecular complexity index is 283. The maximum atomic E-state index is 4.16. The number of aliphatic imine (C=N–C) groups is 1. The first kappa shape index (κ1) is 10.4. The zero-order chi connectivity index (χ0) is 10.2. The summed E-state index contributed by atoms with van der Waals surface area (Å²) in [5, 5.41) is 6.08. The Morgan fingerprint density at radius 3 is 2.93 bits per heavy atom. The number of hydrogen-bond donors (Lipinski definition) is 2. The molecule has 2 N–H and O–H groups in total. The number of rotatable bonds is 3. The van der Waals surface area contributed by atoms with Crippen molar-refractivity contribution in [2.45, 2.75) is 6.42 Å². The summed E-state index contributed by atoms with van der Waals surface area (Å²) < 4.78 is 0. The van der Waals surface area contributed by atoms with Crippen LogP contribution in [0, 0.1) is 0 Å². The van der Waals surface area contributed by atoms with Crippen molar-refractivity contribution in [2.75, 3.05) is 20.6 Å². The van der Waals surface area contributed by atoms with Crippen LogP contribution >= 0.6 is 0 Å². The Morgan fingerprint density at radius 1 is 1.50 bits per heavy atom. The van der Waals surface area contributed by atoms with E-state index in [9.17, 15) is 0 Å². The molecule has 0 aliphatic heterocycles. The van der Waals surface area contributed by atoms with E-state index < -0.39 is 0 Å². The lowest BCUT2D eigenvalue weighted by atomic mass is 10.3. The van der Waals surface area contributed by atoms with Gasteiger partial charge in [-0.2, -0.15) is 0 Å². The van der Waals surface area contributed by atoms with Gasteiger partial charge >= 0.3 is 0 Å². The van der Waals surface area contributed by atoms with Gasteiger partial charge in [0.2, 0.25) is 0 Å². The Hall–Kier alpha value is -1.65. The number of nitrogens with one attached hydrogen (secondary N) is 2. The van der Waals surface area contributed by atoms with Gasteiger partial charge in [-0.05, 0) is 0 Å². The lowest BCUT2D eigenvalue weighted by Crippen LogP contribution is -2.35. The van der Waals surface area contributed by atoms with Crippen molar-refractivity contribution in [1.82, 2.24) is 20.6 Å². The molecule has 0 atom stereocenters. The molecule has 1 heterocycles. The minimum atomic E-state index is 0.786. The molecule has 14 heavy (non-hydrogen) atoms. The predicted molar refractivity (Wildman–Crippen MR) is 56.2 cm³/mol. The molecule has 0 saturated carbocycles.